The van der Waals surface area contributed by atoms with E-state index in [1.165, 1.54) is 19.2 Å². The number of hydrogen-bond acceptors (Lipinski definition) is 3. The van der Waals surface area contributed by atoms with E-state index in [1.807, 2.05) is 0 Å². The standard InChI is InChI=1S/C13H15Cl2NO4/c1-4-13(2,20-3)12(19)16-10-8(14)5-7(11(17)18)6-9(10)15/h5-6H,4H2,1-3H3,(H,16,19)(H,17,18). The molecule has 0 aliphatic heterocycles. The van der Waals surface area contributed by atoms with Crippen molar-refractivity contribution in [3.05, 3.63) is 27.7 Å². The Morgan fingerprint density at radius 2 is 1.85 bits per heavy atom. The van der Waals surface area contributed by atoms with Gasteiger partial charge in [-0.05, 0) is 25.5 Å². The summed E-state index contributed by atoms with van der Waals surface area (Å²) in [6.45, 7) is 3.44. The Labute approximate surface area is 126 Å². The number of hydrogen-bond donors (Lipinski definition) is 2. The zero-order valence-electron chi connectivity index (χ0n) is 11.3. The molecule has 110 valence electrons. The molecule has 7 heteroatoms. The number of amides is 1. The molecule has 0 fully saturated rings. The van der Waals surface area contributed by atoms with E-state index in [4.69, 9.17) is 33.0 Å². The fourth-order valence-corrected chi connectivity index (χ4v) is 2.04. The summed E-state index contributed by atoms with van der Waals surface area (Å²) in [6, 6.07) is 2.45. The number of anilines is 1. The minimum atomic E-state index is -1.15. The first kappa shape index (κ1) is 16.8. The molecule has 1 amide bonds. The fourth-order valence-electron chi connectivity index (χ4n) is 1.46. The molecule has 0 aliphatic rings. The van der Waals surface area contributed by atoms with Gasteiger partial charge in [0.15, 0.2) is 0 Å². The smallest absolute Gasteiger partial charge is 0.335 e. The van der Waals surface area contributed by atoms with Gasteiger partial charge in [0.2, 0.25) is 0 Å². The zero-order chi connectivity index (χ0) is 15.5. The van der Waals surface area contributed by atoms with Gasteiger partial charge in [-0.25, -0.2) is 4.79 Å². The third-order valence-corrected chi connectivity index (χ3v) is 3.73. The first-order chi connectivity index (χ1) is 9.25. The maximum Gasteiger partial charge on any atom is 0.335 e. The Balaban J connectivity index is 3.11. The summed E-state index contributed by atoms with van der Waals surface area (Å²) in [5, 5.41) is 11.6. The summed E-state index contributed by atoms with van der Waals surface area (Å²) in [4.78, 5) is 23.0. The van der Waals surface area contributed by atoms with Crippen LogP contribution in [0.3, 0.4) is 0 Å². The average Bonchev–Trinajstić information content (AvgIpc) is 2.41. The number of halogens is 2. The molecule has 0 saturated carbocycles. The number of carbonyl (C=O) groups excluding carboxylic acids is 1. The van der Waals surface area contributed by atoms with Crippen LogP contribution in [0.5, 0.6) is 0 Å². The molecule has 2 N–H and O–H groups in total. The molecule has 20 heavy (non-hydrogen) atoms. The number of aromatic carboxylic acids is 1. The topological polar surface area (TPSA) is 75.6 Å². The van der Waals surface area contributed by atoms with E-state index < -0.39 is 17.5 Å². The van der Waals surface area contributed by atoms with Gasteiger partial charge >= 0.3 is 5.97 Å². The Kier molecular flexibility index (Phi) is 5.39. The van der Waals surface area contributed by atoms with Crippen molar-refractivity contribution in [3.8, 4) is 0 Å². The maximum absolute atomic E-state index is 12.2. The molecular formula is C13H15Cl2NO4. The predicted molar refractivity (Wildman–Crippen MR) is 77.8 cm³/mol. The molecule has 0 saturated heterocycles. The van der Waals surface area contributed by atoms with Crippen LogP contribution in [0.1, 0.15) is 30.6 Å². The number of benzene rings is 1. The number of ether oxygens (including phenoxy) is 1. The van der Waals surface area contributed by atoms with E-state index in [-0.39, 0.29) is 21.3 Å². The Bertz CT molecular complexity index is 518. The largest absolute Gasteiger partial charge is 0.478 e. The Hall–Kier alpha value is -1.30. The summed E-state index contributed by atoms with van der Waals surface area (Å²) >= 11 is 11.9. The first-order valence-corrected chi connectivity index (χ1v) is 6.59. The number of rotatable bonds is 5. The van der Waals surface area contributed by atoms with Gasteiger partial charge < -0.3 is 15.2 Å². The van der Waals surface area contributed by atoms with Crippen LogP contribution >= 0.6 is 23.2 Å². The van der Waals surface area contributed by atoms with Crippen LogP contribution in [-0.4, -0.2) is 29.7 Å². The summed E-state index contributed by atoms with van der Waals surface area (Å²) in [7, 11) is 1.43. The van der Waals surface area contributed by atoms with Crippen LogP contribution in [0.4, 0.5) is 5.69 Å². The third-order valence-electron chi connectivity index (χ3n) is 3.13. The van der Waals surface area contributed by atoms with E-state index >= 15 is 0 Å². The SMILES string of the molecule is CCC(C)(OC)C(=O)Nc1c(Cl)cc(C(=O)O)cc1Cl. The molecule has 5 nitrogen and oxygen atoms in total. The summed E-state index contributed by atoms with van der Waals surface area (Å²) in [6.07, 6.45) is 0.456. The highest BCUT2D eigenvalue weighted by molar-refractivity contribution is 6.40. The van der Waals surface area contributed by atoms with Gasteiger partial charge in [0.1, 0.15) is 5.60 Å². The minimum absolute atomic E-state index is 0.0528. The van der Waals surface area contributed by atoms with Crippen LogP contribution in [0, 0.1) is 0 Å². The van der Waals surface area contributed by atoms with Gasteiger partial charge in [0.25, 0.3) is 5.91 Å². The van der Waals surface area contributed by atoms with Crippen molar-refractivity contribution in [2.24, 2.45) is 0 Å². The number of carbonyl (C=O) groups is 2. The van der Waals surface area contributed by atoms with Crippen LogP contribution < -0.4 is 5.32 Å². The van der Waals surface area contributed by atoms with Gasteiger partial charge in [-0.1, -0.05) is 30.1 Å². The molecule has 0 bridgehead atoms. The lowest BCUT2D eigenvalue weighted by Crippen LogP contribution is -2.41. The van der Waals surface area contributed by atoms with Gasteiger partial charge in [-0.3, -0.25) is 4.79 Å². The van der Waals surface area contributed by atoms with Gasteiger partial charge in [-0.2, -0.15) is 0 Å². The van der Waals surface area contributed by atoms with Crippen molar-refractivity contribution >= 4 is 40.8 Å². The van der Waals surface area contributed by atoms with Crippen LogP contribution in [0.25, 0.3) is 0 Å². The molecule has 0 aliphatic carbocycles. The first-order valence-electron chi connectivity index (χ1n) is 5.84. The van der Waals surface area contributed by atoms with Gasteiger partial charge in [-0.15, -0.1) is 0 Å². The number of carboxylic acids is 1. The fraction of sp³-hybridized carbons (Fsp3) is 0.385. The molecule has 1 unspecified atom stereocenters. The van der Waals surface area contributed by atoms with Crippen LogP contribution in [0.15, 0.2) is 12.1 Å². The van der Waals surface area contributed by atoms with E-state index in [2.05, 4.69) is 5.32 Å². The molecule has 1 aromatic carbocycles. The van der Waals surface area contributed by atoms with Gasteiger partial charge in [0, 0.05) is 7.11 Å². The second-order valence-electron chi connectivity index (χ2n) is 4.36. The number of carboxylic acid groups (broad SMARTS) is 1. The molecular weight excluding hydrogens is 305 g/mol. The van der Waals surface area contributed by atoms with Crippen molar-refractivity contribution in [2.45, 2.75) is 25.9 Å². The van der Waals surface area contributed by atoms with Crippen molar-refractivity contribution in [2.75, 3.05) is 12.4 Å². The maximum atomic E-state index is 12.2. The second kappa shape index (κ2) is 6.43. The average molecular weight is 320 g/mol. The summed E-state index contributed by atoms with van der Waals surface area (Å²) in [5.41, 5.74) is -0.902. The van der Waals surface area contributed by atoms with Crippen molar-refractivity contribution in [3.63, 3.8) is 0 Å². The van der Waals surface area contributed by atoms with Crippen molar-refractivity contribution in [1.82, 2.24) is 0 Å². The molecule has 0 heterocycles. The van der Waals surface area contributed by atoms with Crippen LogP contribution in [-0.2, 0) is 9.53 Å². The third kappa shape index (κ3) is 3.42. The normalized spacial score (nSPS) is 13.7. The highest BCUT2D eigenvalue weighted by Gasteiger charge is 2.32. The van der Waals surface area contributed by atoms with E-state index in [1.54, 1.807) is 13.8 Å². The molecule has 1 rings (SSSR count). The quantitative estimate of drug-likeness (QED) is 0.871. The van der Waals surface area contributed by atoms with E-state index in [9.17, 15) is 9.59 Å². The minimum Gasteiger partial charge on any atom is -0.478 e. The lowest BCUT2D eigenvalue weighted by Gasteiger charge is -2.25. The lowest BCUT2D eigenvalue weighted by atomic mass is 10.0. The Morgan fingerprint density at radius 1 is 1.35 bits per heavy atom. The monoisotopic (exact) mass is 319 g/mol. The number of methoxy groups -OCH3 is 1. The Morgan fingerprint density at radius 3 is 2.20 bits per heavy atom. The molecule has 0 spiro atoms. The zero-order valence-corrected chi connectivity index (χ0v) is 12.8. The number of nitrogens with one attached hydrogen (secondary N) is 1. The second-order valence-corrected chi connectivity index (χ2v) is 5.18. The van der Waals surface area contributed by atoms with Crippen LogP contribution in [0.2, 0.25) is 10.0 Å². The van der Waals surface area contributed by atoms with Crippen molar-refractivity contribution in [1.29, 1.82) is 0 Å². The van der Waals surface area contributed by atoms with E-state index in [0.717, 1.165) is 0 Å². The predicted octanol–water partition coefficient (Wildman–Crippen LogP) is 3.45. The van der Waals surface area contributed by atoms with Crippen molar-refractivity contribution < 1.29 is 19.4 Å². The van der Waals surface area contributed by atoms with Gasteiger partial charge in [0.05, 0.1) is 21.3 Å². The highest BCUT2D eigenvalue weighted by atomic mass is 35.5. The molecule has 0 radical (unpaired) electrons. The van der Waals surface area contributed by atoms with E-state index in [0.29, 0.717) is 6.42 Å². The molecule has 0 aromatic heterocycles. The summed E-state index contributed by atoms with van der Waals surface area (Å²) < 4.78 is 5.17. The lowest BCUT2D eigenvalue weighted by molar-refractivity contribution is -0.136. The molecule has 1 atom stereocenters. The highest BCUT2D eigenvalue weighted by Crippen LogP contribution is 2.33. The molecule has 1 aromatic rings. The summed E-state index contributed by atoms with van der Waals surface area (Å²) in [5.74, 6) is -1.56.